The van der Waals surface area contributed by atoms with Crippen LogP contribution >= 0.6 is 23.1 Å². The molecular weight excluding hydrogens is 545 g/mol. The van der Waals surface area contributed by atoms with E-state index in [2.05, 4.69) is 31.3 Å². The van der Waals surface area contributed by atoms with Gasteiger partial charge in [-0.2, -0.15) is 5.26 Å². The number of nitriles is 1. The topological polar surface area (TPSA) is 147 Å². The molecule has 2 N–H and O–H groups in total. The fraction of sp³-hybridized carbons (Fsp3) is 0.160. The van der Waals surface area contributed by atoms with Crippen molar-refractivity contribution in [3.63, 3.8) is 0 Å². The van der Waals surface area contributed by atoms with E-state index in [1.807, 2.05) is 24.3 Å². The van der Waals surface area contributed by atoms with Crippen molar-refractivity contribution in [3.8, 4) is 23.1 Å². The van der Waals surface area contributed by atoms with Crippen LogP contribution in [0.2, 0.25) is 0 Å². The lowest BCUT2D eigenvalue weighted by Crippen LogP contribution is -2.14. The standard InChI is InChI=1S/C25H22N6O4S3/c1-16-29-30-25(37-16)31-38(33,34)21-10-6-19(7-11-21)27-23(32)13-14-36-24-18(15-26)5-12-22(28-24)17-3-8-20(35-2)9-4-17/h3-12H,13-14H2,1-2H3,(H,27,32)(H,30,31). The summed E-state index contributed by atoms with van der Waals surface area (Å²) in [6.07, 6.45) is 0.169. The molecule has 4 aromatic rings. The highest BCUT2D eigenvalue weighted by molar-refractivity contribution is 7.99. The molecule has 0 aliphatic heterocycles. The van der Waals surface area contributed by atoms with E-state index < -0.39 is 10.0 Å². The second-order valence-corrected chi connectivity index (χ2v) is 11.7. The summed E-state index contributed by atoms with van der Waals surface area (Å²) in [5.41, 5.74) is 2.49. The lowest BCUT2D eigenvalue weighted by atomic mass is 10.1. The Morgan fingerprint density at radius 2 is 1.82 bits per heavy atom. The Morgan fingerprint density at radius 3 is 2.45 bits per heavy atom. The van der Waals surface area contributed by atoms with Crippen LogP contribution in [0.4, 0.5) is 10.8 Å². The van der Waals surface area contributed by atoms with Crippen molar-refractivity contribution in [3.05, 3.63) is 71.2 Å². The molecule has 0 aliphatic carbocycles. The van der Waals surface area contributed by atoms with Gasteiger partial charge in [-0.1, -0.05) is 11.3 Å². The van der Waals surface area contributed by atoms with E-state index in [1.165, 1.54) is 36.0 Å². The molecule has 0 atom stereocenters. The molecule has 13 heteroatoms. The van der Waals surface area contributed by atoms with Gasteiger partial charge in [-0.15, -0.1) is 22.0 Å². The van der Waals surface area contributed by atoms with Crippen LogP contribution in [0.5, 0.6) is 5.75 Å². The minimum Gasteiger partial charge on any atom is -0.497 e. The number of methoxy groups -OCH3 is 1. The second-order valence-electron chi connectivity index (χ2n) is 7.79. The van der Waals surface area contributed by atoms with Gasteiger partial charge in [0, 0.05) is 23.4 Å². The predicted molar refractivity (Wildman–Crippen MR) is 147 cm³/mol. The fourth-order valence-corrected chi connectivity index (χ4v) is 5.99. The molecule has 2 aromatic heterocycles. The van der Waals surface area contributed by atoms with Gasteiger partial charge in [0.25, 0.3) is 10.0 Å². The molecule has 2 aromatic carbocycles. The minimum absolute atomic E-state index is 0.0331. The predicted octanol–water partition coefficient (Wildman–Crippen LogP) is 4.71. The highest BCUT2D eigenvalue weighted by Gasteiger charge is 2.17. The quantitative estimate of drug-likeness (QED) is 0.260. The lowest BCUT2D eigenvalue weighted by molar-refractivity contribution is -0.115. The molecule has 0 unspecified atom stereocenters. The third-order valence-electron chi connectivity index (χ3n) is 5.13. The SMILES string of the molecule is COc1ccc(-c2ccc(C#N)c(SCCC(=O)Nc3ccc(S(=O)(=O)Nc4nnc(C)s4)cc3)n2)cc1. The molecule has 1 amide bonds. The highest BCUT2D eigenvalue weighted by Crippen LogP contribution is 2.27. The van der Waals surface area contributed by atoms with Crippen LogP contribution in [-0.2, 0) is 14.8 Å². The van der Waals surface area contributed by atoms with Crippen LogP contribution in [0, 0.1) is 18.3 Å². The van der Waals surface area contributed by atoms with Crippen LogP contribution in [0.1, 0.15) is 17.0 Å². The molecule has 194 valence electrons. The van der Waals surface area contributed by atoms with Crippen molar-refractivity contribution >= 4 is 49.8 Å². The number of carbonyl (C=O) groups excluding carboxylic acids is 1. The van der Waals surface area contributed by atoms with Crippen molar-refractivity contribution in [2.45, 2.75) is 23.3 Å². The number of hydrogen-bond acceptors (Lipinski definition) is 10. The number of anilines is 2. The molecule has 0 saturated carbocycles. The average Bonchev–Trinajstić information content (AvgIpc) is 3.32. The zero-order valence-corrected chi connectivity index (χ0v) is 22.8. The van der Waals surface area contributed by atoms with E-state index in [9.17, 15) is 18.5 Å². The number of pyridine rings is 1. The van der Waals surface area contributed by atoms with Gasteiger partial charge in [0.15, 0.2) is 0 Å². The normalized spacial score (nSPS) is 11.0. The number of nitrogens with one attached hydrogen (secondary N) is 2. The Hall–Kier alpha value is -3.99. The molecule has 0 fully saturated rings. The Balaban J connectivity index is 1.33. The van der Waals surface area contributed by atoms with E-state index in [1.54, 1.807) is 26.2 Å². The van der Waals surface area contributed by atoms with Gasteiger partial charge >= 0.3 is 0 Å². The molecule has 0 spiro atoms. The third kappa shape index (κ3) is 6.86. The Bertz CT molecular complexity index is 1580. The van der Waals surface area contributed by atoms with Crippen molar-refractivity contribution in [2.24, 2.45) is 0 Å². The number of carbonyl (C=O) groups is 1. The summed E-state index contributed by atoms with van der Waals surface area (Å²) in [6.45, 7) is 1.73. The van der Waals surface area contributed by atoms with Gasteiger partial charge < -0.3 is 10.1 Å². The van der Waals surface area contributed by atoms with E-state index in [4.69, 9.17) is 4.74 Å². The number of aromatic nitrogens is 3. The van der Waals surface area contributed by atoms with E-state index in [0.717, 1.165) is 22.6 Å². The summed E-state index contributed by atoms with van der Waals surface area (Å²) in [5.74, 6) is 0.886. The zero-order chi connectivity index (χ0) is 27.1. The van der Waals surface area contributed by atoms with Crippen LogP contribution in [0.15, 0.2) is 70.6 Å². The van der Waals surface area contributed by atoms with E-state index >= 15 is 0 Å². The molecule has 0 radical (unpaired) electrons. The van der Waals surface area contributed by atoms with Crippen molar-refractivity contribution in [1.82, 2.24) is 15.2 Å². The van der Waals surface area contributed by atoms with Crippen molar-refractivity contribution < 1.29 is 17.9 Å². The average molecular weight is 567 g/mol. The van der Waals surface area contributed by atoms with Gasteiger partial charge in [0.1, 0.15) is 21.9 Å². The molecule has 2 heterocycles. The van der Waals surface area contributed by atoms with Crippen LogP contribution in [-0.4, -0.2) is 42.4 Å². The lowest BCUT2D eigenvalue weighted by Gasteiger charge is -2.09. The maximum Gasteiger partial charge on any atom is 0.263 e. The molecule has 0 saturated heterocycles. The largest absolute Gasteiger partial charge is 0.497 e. The number of sulfonamides is 1. The molecule has 0 bridgehead atoms. The van der Waals surface area contributed by atoms with Crippen LogP contribution in [0.3, 0.4) is 0 Å². The first-order valence-electron chi connectivity index (χ1n) is 11.2. The number of hydrogen-bond donors (Lipinski definition) is 2. The number of ether oxygens (including phenoxy) is 1. The van der Waals surface area contributed by atoms with Crippen LogP contribution < -0.4 is 14.8 Å². The summed E-state index contributed by atoms with van der Waals surface area (Å²) < 4.78 is 32.6. The number of benzene rings is 2. The van der Waals surface area contributed by atoms with E-state index in [-0.39, 0.29) is 22.4 Å². The molecule has 0 aliphatic rings. The van der Waals surface area contributed by atoms with Gasteiger partial charge in [-0.05, 0) is 67.6 Å². The van der Waals surface area contributed by atoms with Crippen LogP contribution in [0.25, 0.3) is 11.3 Å². The number of amides is 1. The molecular formula is C25H22N6O4S3. The van der Waals surface area contributed by atoms with Gasteiger partial charge in [0.2, 0.25) is 11.0 Å². The van der Waals surface area contributed by atoms with Crippen molar-refractivity contribution in [1.29, 1.82) is 5.26 Å². The summed E-state index contributed by atoms with van der Waals surface area (Å²) in [7, 11) is -2.22. The van der Waals surface area contributed by atoms with Gasteiger partial charge in [0.05, 0.1) is 23.3 Å². The smallest absolute Gasteiger partial charge is 0.263 e. The zero-order valence-electron chi connectivity index (χ0n) is 20.3. The summed E-state index contributed by atoms with van der Waals surface area (Å²) in [5, 5.41) is 21.1. The van der Waals surface area contributed by atoms with E-state index in [0.29, 0.717) is 32.7 Å². The van der Waals surface area contributed by atoms with Gasteiger partial charge in [-0.3, -0.25) is 9.52 Å². The molecule has 4 rings (SSSR count). The Morgan fingerprint density at radius 1 is 1.08 bits per heavy atom. The first-order chi connectivity index (χ1) is 18.3. The fourth-order valence-electron chi connectivity index (χ4n) is 3.25. The molecule has 10 nitrogen and oxygen atoms in total. The minimum atomic E-state index is -3.82. The number of thioether (sulfide) groups is 1. The Labute approximate surface area is 228 Å². The number of aryl methyl sites for hydroxylation is 1. The number of nitrogens with zero attached hydrogens (tertiary/aromatic N) is 4. The monoisotopic (exact) mass is 566 g/mol. The van der Waals surface area contributed by atoms with Crippen molar-refractivity contribution in [2.75, 3.05) is 22.9 Å². The Kier molecular flexibility index (Phi) is 8.57. The summed E-state index contributed by atoms with van der Waals surface area (Å²) in [4.78, 5) is 17.1. The first kappa shape index (κ1) is 27.1. The molecule has 38 heavy (non-hydrogen) atoms. The third-order valence-corrected chi connectivity index (χ3v) is 8.36. The maximum absolute atomic E-state index is 12.5. The first-order valence-corrected chi connectivity index (χ1v) is 14.5. The maximum atomic E-state index is 12.5. The number of rotatable bonds is 10. The summed E-state index contributed by atoms with van der Waals surface area (Å²) >= 11 is 2.45. The second kappa shape index (κ2) is 12.0. The summed E-state index contributed by atoms with van der Waals surface area (Å²) in [6, 6.07) is 18.9. The highest BCUT2D eigenvalue weighted by atomic mass is 32.2. The van der Waals surface area contributed by atoms with Gasteiger partial charge in [-0.25, -0.2) is 13.4 Å².